The van der Waals surface area contributed by atoms with Crippen LogP contribution in [-0.4, -0.2) is 31.5 Å². The number of hydrogen-bond acceptors (Lipinski definition) is 5. The Kier molecular flexibility index (Phi) is 5.83. The third kappa shape index (κ3) is 4.45. The normalized spacial score (nSPS) is 9.45. The number of carboxylic acids is 1. The van der Waals surface area contributed by atoms with Gasteiger partial charge in [-0.2, -0.15) is 0 Å². The van der Waals surface area contributed by atoms with Gasteiger partial charge in [0.1, 0.15) is 5.75 Å². The van der Waals surface area contributed by atoms with Gasteiger partial charge in [-0.15, -0.1) is 6.58 Å². The van der Waals surface area contributed by atoms with Crippen LogP contribution in [0.15, 0.2) is 49.1 Å². The smallest absolute Gasteiger partial charge is 0.335 e. The molecule has 116 valence electrons. The Hall–Kier alpha value is -3.15. The van der Waals surface area contributed by atoms with Crippen molar-refractivity contribution in [3.05, 3.63) is 60.2 Å². The van der Waals surface area contributed by atoms with E-state index in [0.29, 0.717) is 5.75 Å². The zero-order valence-electron chi connectivity index (χ0n) is 11.6. The number of allylic oxidation sites excluding steroid dienone is 1. The molecule has 0 aliphatic rings. The highest BCUT2D eigenvalue weighted by atomic mass is 16.4. The zero-order chi connectivity index (χ0) is 16.7. The Morgan fingerprint density at radius 1 is 1.00 bits per heavy atom. The minimum Gasteiger partial charge on any atom is -0.508 e. The van der Waals surface area contributed by atoms with E-state index in [1.165, 1.54) is 0 Å². The van der Waals surface area contributed by atoms with Crippen LogP contribution >= 0.6 is 0 Å². The molecule has 0 aromatic heterocycles. The lowest BCUT2D eigenvalue weighted by molar-refractivity contribution is 0.0696. The van der Waals surface area contributed by atoms with E-state index < -0.39 is 23.2 Å². The molecule has 5 N–H and O–H groups in total. The third-order valence-electron chi connectivity index (χ3n) is 2.67. The van der Waals surface area contributed by atoms with Gasteiger partial charge >= 0.3 is 5.97 Å². The van der Waals surface area contributed by atoms with Crippen LogP contribution in [0, 0.1) is 0 Å². The summed E-state index contributed by atoms with van der Waals surface area (Å²) in [4.78, 5) is 10.3. The molecule has 0 bridgehead atoms. The van der Waals surface area contributed by atoms with Crippen molar-refractivity contribution in [1.29, 1.82) is 0 Å². The van der Waals surface area contributed by atoms with Gasteiger partial charge in [-0.1, -0.05) is 24.3 Å². The fourth-order valence-corrected chi connectivity index (χ4v) is 1.57. The van der Waals surface area contributed by atoms with Crippen LogP contribution in [0.2, 0.25) is 0 Å². The molecule has 2 aromatic carbocycles. The number of benzene rings is 2. The fraction of sp³-hybridized carbons (Fsp3) is 0.0625. The van der Waals surface area contributed by atoms with Gasteiger partial charge in [0.25, 0.3) is 0 Å². The van der Waals surface area contributed by atoms with Gasteiger partial charge in [-0.05, 0) is 30.2 Å². The van der Waals surface area contributed by atoms with Crippen molar-refractivity contribution in [1.82, 2.24) is 0 Å². The van der Waals surface area contributed by atoms with Gasteiger partial charge in [0, 0.05) is 0 Å². The second-order valence-corrected chi connectivity index (χ2v) is 4.29. The Morgan fingerprint density at radius 2 is 1.55 bits per heavy atom. The van der Waals surface area contributed by atoms with Crippen molar-refractivity contribution in [3.8, 4) is 23.0 Å². The molecule has 0 saturated carbocycles. The van der Waals surface area contributed by atoms with Gasteiger partial charge < -0.3 is 25.5 Å². The number of phenols is 4. The van der Waals surface area contributed by atoms with Gasteiger partial charge in [-0.25, -0.2) is 4.79 Å². The predicted molar refractivity (Wildman–Crippen MR) is 80.4 cm³/mol. The van der Waals surface area contributed by atoms with Crippen LogP contribution in [0.25, 0.3) is 0 Å². The van der Waals surface area contributed by atoms with Crippen LogP contribution in [0.1, 0.15) is 15.9 Å². The molecule has 0 aliphatic carbocycles. The van der Waals surface area contributed by atoms with Crippen molar-refractivity contribution in [2.24, 2.45) is 0 Å². The molecule has 22 heavy (non-hydrogen) atoms. The van der Waals surface area contributed by atoms with Crippen LogP contribution in [0.4, 0.5) is 0 Å². The summed E-state index contributed by atoms with van der Waals surface area (Å²) in [5.74, 6) is -2.98. The number of phenolic OH excluding ortho intramolecular Hbond substituents is 4. The summed E-state index contributed by atoms with van der Waals surface area (Å²) in [5.41, 5.74) is 0.639. The molecular weight excluding hydrogens is 288 g/mol. The quantitative estimate of drug-likeness (QED) is 0.439. The topological polar surface area (TPSA) is 118 Å². The Labute approximate surface area is 126 Å². The molecule has 6 nitrogen and oxygen atoms in total. The number of carboxylic acid groups (broad SMARTS) is 1. The number of aromatic hydroxyl groups is 4. The summed E-state index contributed by atoms with van der Waals surface area (Å²) in [6.45, 7) is 3.59. The fourth-order valence-electron chi connectivity index (χ4n) is 1.57. The second kappa shape index (κ2) is 7.58. The average Bonchev–Trinajstić information content (AvgIpc) is 2.47. The summed E-state index contributed by atoms with van der Waals surface area (Å²) in [7, 11) is 0. The molecule has 0 saturated heterocycles. The summed E-state index contributed by atoms with van der Waals surface area (Å²) in [6, 6.07) is 8.96. The van der Waals surface area contributed by atoms with E-state index in [1.54, 1.807) is 12.1 Å². The lowest BCUT2D eigenvalue weighted by Gasteiger charge is -2.01. The second-order valence-electron chi connectivity index (χ2n) is 4.29. The number of aromatic carboxylic acids is 1. The number of hydrogen-bond donors (Lipinski definition) is 5. The van der Waals surface area contributed by atoms with Crippen molar-refractivity contribution < 1.29 is 30.3 Å². The average molecular weight is 304 g/mol. The molecule has 0 unspecified atom stereocenters. The SMILES string of the molecule is C=CCc1ccccc1O.O=C(O)c1cc(O)c(O)c(O)c1. The van der Waals surface area contributed by atoms with Crippen LogP contribution in [0.5, 0.6) is 23.0 Å². The standard InChI is InChI=1S/C9H10O.C7H6O5/c1-2-5-8-6-3-4-7-9(8)10;8-4-1-3(7(11)12)2-5(9)6(4)10/h2-4,6-7,10H,1,5H2;1-2,8-10H,(H,11,12). The minimum atomic E-state index is -1.29. The van der Waals surface area contributed by atoms with E-state index in [-0.39, 0.29) is 5.56 Å². The maximum absolute atomic E-state index is 10.3. The van der Waals surface area contributed by atoms with E-state index in [2.05, 4.69) is 6.58 Å². The summed E-state index contributed by atoms with van der Waals surface area (Å²) in [6.07, 6.45) is 2.50. The summed E-state index contributed by atoms with van der Waals surface area (Å²) < 4.78 is 0. The van der Waals surface area contributed by atoms with E-state index in [9.17, 15) is 9.90 Å². The lowest BCUT2D eigenvalue weighted by Crippen LogP contribution is -1.95. The Bertz CT molecular complexity index is 655. The number of para-hydroxylation sites is 1. The van der Waals surface area contributed by atoms with Crippen LogP contribution in [0.3, 0.4) is 0 Å². The molecule has 0 aliphatic heterocycles. The monoisotopic (exact) mass is 304 g/mol. The first-order valence-electron chi connectivity index (χ1n) is 6.22. The third-order valence-corrected chi connectivity index (χ3v) is 2.67. The molecule has 0 atom stereocenters. The molecule has 0 amide bonds. The summed E-state index contributed by atoms with van der Waals surface area (Å²) >= 11 is 0. The number of carbonyl (C=O) groups is 1. The van der Waals surface area contributed by atoms with Crippen molar-refractivity contribution >= 4 is 5.97 Å². The zero-order valence-corrected chi connectivity index (χ0v) is 11.6. The van der Waals surface area contributed by atoms with E-state index in [0.717, 1.165) is 24.1 Å². The van der Waals surface area contributed by atoms with E-state index in [1.807, 2.05) is 18.2 Å². The van der Waals surface area contributed by atoms with Crippen LogP contribution in [-0.2, 0) is 6.42 Å². The molecule has 0 spiro atoms. The maximum Gasteiger partial charge on any atom is 0.335 e. The highest BCUT2D eigenvalue weighted by molar-refractivity contribution is 5.89. The first kappa shape index (κ1) is 16.9. The molecule has 0 fully saturated rings. The molecule has 6 heteroatoms. The first-order chi connectivity index (χ1) is 10.4. The highest BCUT2D eigenvalue weighted by Gasteiger charge is 2.11. The van der Waals surface area contributed by atoms with E-state index >= 15 is 0 Å². The van der Waals surface area contributed by atoms with Gasteiger partial charge in [-0.3, -0.25) is 0 Å². The Morgan fingerprint density at radius 3 is 2.00 bits per heavy atom. The molecule has 2 rings (SSSR count). The molecule has 0 heterocycles. The summed E-state index contributed by atoms with van der Waals surface area (Å²) in [5, 5.41) is 44.1. The van der Waals surface area contributed by atoms with Crippen molar-refractivity contribution in [2.75, 3.05) is 0 Å². The van der Waals surface area contributed by atoms with Crippen molar-refractivity contribution in [2.45, 2.75) is 6.42 Å². The van der Waals surface area contributed by atoms with Gasteiger partial charge in [0.15, 0.2) is 17.2 Å². The Balaban J connectivity index is 0.000000224. The lowest BCUT2D eigenvalue weighted by atomic mass is 10.1. The predicted octanol–water partition coefficient (Wildman–Crippen LogP) is 2.62. The van der Waals surface area contributed by atoms with E-state index in [4.69, 9.17) is 20.4 Å². The largest absolute Gasteiger partial charge is 0.508 e. The molecule has 2 aromatic rings. The van der Waals surface area contributed by atoms with Gasteiger partial charge in [0.05, 0.1) is 5.56 Å². The van der Waals surface area contributed by atoms with Crippen LogP contribution < -0.4 is 0 Å². The van der Waals surface area contributed by atoms with Gasteiger partial charge in [0.2, 0.25) is 0 Å². The molecular formula is C16H16O6. The first-order valence-corrected chi connectivity index (χ1v) is 6.22. The minimum absolute atomic E-state index is 0.289. The molecule has 0 radical (unpaired) electrons. The van der Waals surface area contributed by atoms with Crippen molar-refractivity contribution in [3.63, 3.8) is 0 Å². The maximum atomic E-state index is 10.3. The highest BCUT2D eigenvalue weighted by Crippen LogP contribution is 2.35. The number of rotatable bonds is 3.